The third kappa shape index (κ3) is 3.07. The molecule has 0 saturated heterocycles. The minimum atomic E-state index is -0.286. The van der Waals surface area contributed by atoms with Crippen molar-refractivity contribution in [1.29, 1.82) is 0 Å². The summed E-state index contributed by atoms with van der Waals surface area (Å²) in [6.07, 6.45) is 4.14. The zero-order chi connectivity index (χ0) is 13.7. The normalized spacial score (nSPS) is 10.2. The summed E-state index contributed by atoms with van der Waals surface area (Å²) in [7, 11) is 0. The van der Waals surface area contributed by atoms with Gasteiger partial charge in [-0.1, -0.05) is 13.0 Å². The van der Waals surface area contributed by atoms with E-state index in [2.05, 4.69) is 22.2 Å². The fraction of sp³-hybridized carbons (Fsp3) is 0.214. The van der Waals surface area contributed by atoms with Gasteiger partial charge >= 0.3 is 0 Å². The van der Waals surface area contributed by atoms with Crippen LogP contribution in [-0.4, -0.2) is 15.9 Å². The Balaban J connectivity index is 2.07. The van der Waals surface area contributed by atoms with E-state index < -0.39 is 0 Å². The van der Waals surface area contributed by atoms with E-state index in [1.807, 2.05) is 12.1 Å². The Hall–Kier alpha value is -2.43. The first kappa shape index (κ1) is 13.0. The van der Waals surface area contributed by atoms with Crippen LogP contribution in [-0.2, 0) is 13.0 Å². The molecule has 2 aromatic heterocycles. The molecule has 5 nitrogen and oxygen atoms in total. The van der Waals surface area contributed by atoms with Crippen LogP contribution < -0.4 is 11.1 Å². The van der Waals surface area contributed by atoms with Gasteiger partial charge in [0.05, 0.1) is 17.9 Å². The number of pyridine rings is 2. The monoisotopic (exact) mass is 256 g/mol. The molecule has 98 valence electrons. The second-order valence-corrected chi connectivity index (χ2v) is 4.09. The highest BCUT2D eigenvalue weighted by atomic mass is 16.1. The summed E-state index contributed by atoms with van der Waals surface area (Å²) >= 11 is 0. The van der Waals surface area contributed by atoms with Gasteiger partial charge in [0.2, 0.25) is 0 Å². The van der Waals surface area contributed by atoms with Gasteiger partial charge in [0, 0.05) is 12.4 Å². The average molecular weight is 256 g/mol. The zero-order valence-corrected chi connectivity index (χ0v) is 10.8. The van der Waals surface area contributed by atoms with Gasteiger partial charge in [-0.15, -0.1) is 0 Å². The Kier molecular flexibility index (Phi) is 4.07. The number of carbonyl (C=O) groups excluding carboxylic acids is 1. The van der Waals surface area contributed by atoms with Crippen molar-refractivity contribution in [2.45, 2.75) is 19.9 Å². The molecule has 0 radical (unpaired) electrons. The van der Waals surface area contributed by atoms with E-state index in [1.165, 1.54) is 0 Å². The van der Waals surface area contributed by atoms with E-state index in [4.69, 9.17) is 5.73 Å². The van der Waals surface area contributed by atoms with Crippen molar-refractivity contribution in [3.8, 4) is 0 Å². The number of nitrogens with two attached hydrogens (primary N) is 1. The maximum absolute atomic E-state index is 12.0. The van der Waals surface area contributed by atoms with Crippen LogP contribution in [0.3, 0.4) is 0 Å². The largest absolute Gasteiger partial charge is 0.397 e. The van der Waals surface area contributed by atoms with E-state index in [0.29, 0.717) is 12.2 Å². The van der Waals surface area contributed by atoms with Crippen LogP contribution >= 0.6 is 0 Å². The lowest BCUT2D eigenvalue weighted by molar-refractivity contribution is 0.0946. The van der Waals surface area contributed by atoms with Gasteiger partial charge in [0.1, 0.15) is 0 Å². The lowest BCUT2D eigenvalue weighted by Gasteiger charge is -2.08. The van der Waals surface area contributed by atoms with Gasteiger partial charge in [0.25, 0.3) is 5.91 Å². The molecule has 0 spiro atoms. The molecule has 0 unspecified atom stereocenters. The molecule has 2 rings (SSSR count). The molecular weight excluding hydrogens is 240 g/mol. The highest BCUT2D eigenvalue weighted by Crippen LogP contribution is 2.08. The van der Waals surface area contributed by atoms with Crippen molar-refractivity contribution in [2.75, 3.05) is 5.73 Å². The van der Waals surface area contributed by atoms with Crippen LogP contribution in [0.15, 0.2) is 36.7 Å². The van der Waals surface area contributed by atoms with Gasteiger partial charge in [-0.05, 0) is 30.2 Å². The van der Waals surface area contributed by atoms with E-state index in [0.717, 1.165) is 17.7 Å². The number of carbonyl (C=O) groups is 1. The summed E-state index contributed by atoms with van der Waals surface area (Å²) in [4.78, 5) is 20.2. The molecule has 0 bridgehead atoms. The SMILES string of the molecule is CCc1cccnc1CNC(=O)c1ncccc1N. The lowest BCUT2D eigenvalue weighted by Crippen LogP contribution is -2.25. The van der Waals surface area contributed by atoms with Crippen LogP contribution in [0.1, 0.15) is 28.7 Å². The number of amides is 1. The molecule has 0 aromatic carbocycles. The molecule has 0 aliphatic rings. The first-order chi connectivity index (χ1) is 9.22. The highest BCUT2D eigenvalue weighted by molar-refractivity contribution is 5.96. The molecule has 2 aromatic rings. The van der Waals surface area contributed by atoms with Crippen molar-refractivity contribution >= 4 is 11.6 Å². The fourth-order valence-corrected chi connectivity index (χ4v) is 1.81. The average Bonchev–Trinajstić information content (AvgIpc) is 2.45. The summed E-state index contributed by atoms with van der Waals surface area (Å²) in [5.74, 6) is -0.286. The smallest absolute Gasteiger partial charge is 0.272 e. The minimum Gasteiger partial charge on any atom is -0.397 e. The number of hydrogen-bond acceptors (Lipinski definition) is 4. The Morgan fingerprint density at radius 3 is 2.74 bits per heavy atom. The summed E-state index contributed by atoms with van der Waals surface area (Å²) in [6.45, 7) is 2.43. The van der Waals surface area contributed by atoms with Gasteiger partial charge in [0.15, 0.2) is 5.69 Å². The van der Waals surface area contributed by atoms with Gasteiger partial charge in [-0.25, -0.2) is 4.98 Å². The molecule has 0 aliphatic carbocycles. The van der Waals surface area contributed by atoms with E-state index >= 15 is 0 Å². The Morgan fingerprint density at radius 2 is 2.00 bits per heavy atom. The standard InChI is InChI=1S/C14H16N4O/c1-2-10-5-3-7-16-12(10)9-18-14(19)13-11(15)6-4-8-17-13/h3-8H,2,9,15H2,1H3,(H,18,19). The van der Waals surface area contributed by atoms with Crippen molar-refractivity contribution in [2.24, 2.45) is 0 Å². The first-order valence-electron chi connectivity index (χ1n) is 6.13. The topological polar surface area (TPSA) is 80.9 Å². The summed E-state index contributed by atoms with van der Waals surface area (Å²) in [5, 5.41) is 2.79. The Bertz CT molecular complexity index is 583. The maximum Gasteiger partial charge on any atom is 0.272 e. The highest BCUT2D eigenvalue weighted by Gasteiger charge is 2.11. The molecule has 3 N–H and O–H groups in total. The van der Waals surface area contributed by atoms with Crippen LogP contribution in [0.5, 0.6) is 0 Å². The van der Waals surface area contributed by atoms with E-state index in [1.54, 1.807) is 24.5 Å². The first-order valence-corrected chi connectivity index (χ1v) is 6.13. The number of rotatable bonds is 4. The molecule has 1 amide bonds. The van der Waals surface area contributed by atoms with Crippen LogP contribution in [0.25, 0.3) is 0 Å². The predicted molar refractivity (Wildman–Crippen MR) is 73.4 cm³/mol. The zero-order valence-electron chi connectivity index (χ0n) is 10.8. The molecule has 2 heterocycles. The van der Waals surface area contributed by atoms with E-state index in [-0.39, 0.29) is 11.6 Å². The molecule has 0 saturated carbocycles. The fourth-order valence-electron chi connectivity index (χ4n) is 1.81. The second kappa shape index (κ2) is 5.95. The summed E-state index contributed by atoms with van der Waals surface area (Å²) in [5.41, 5.74) is 8.32. The predicted octanol–water partition coefficient (Wildman–Crippen LogP) is 1.55. The van der Waals surface area contributed by atoms with E-state index in [9.17, 15) is 4.79 Å². The Labute approximate surface area is 111 Å². The third-order valence-corrected chi connectivity index (χ3v) is 2.84. The number of nitrogens with one attached hydrogen (secondary N) is 1. The maximum atomic E-state index is 12.0. The molecular formula is C14H16N4O. The quantitative estimate of drug-likeness (QED) is 0.869. The molecule has 0 aliphatic heterocycles. The van der Waals surface area contributed by atoms with Crippen LogP contribution in [0.2, 0.25) is 0 Å². The van der Waals surface area contributed by atoms with Crippen molar-refractivity contribution in [3.05, 3.63) is 53.6 Å². The number of nitrogen functional groups attached to an aromatic ring is 1. The molecule has 0 atom stereocenters. The lowest BCUT2D eigenvalue weighted by atomic mass is 10.1. The summed E-state index contributed by atoms with van der Waals surface area (Å²) < 4.78 is 0. The van der Waals surface area contributed by atoms with Gasteiger partial charge < -0.3 is 11.1 Å². The van der Waals surface area contributed by atoms with Gasteiger partial charge in [-0.2, -0.15) is 0 Å². The number of aromatic nitrogens is 2. The molecule has 5 heteroatoms. The van der Waals surface area contributed by atoms with Crippen molar-refractivity contribution < 1.29 is 4.79 Å². The van der Waals surface area contributed by atoms with Crippen LogP contribution in [0, 0.1) is 0 Å². The van der Waals surface area contributed by atoms with Crippen molar-refractivity contribution in [3.63, 3.8) is 0 Å². The number of hydrogen-bond donors (Lipinski definition) is 2. The number of aryl methyl sites for hydroxylation is 1. The van der Waals surface area contributed by atoms with Gasteiger partial charge in [-0.3, -0.25) is 9.78 Å². The summed E-state index contributed by atoms with van der Waals surface area (Å²) in [6, 6.07) is 7.24. The Morgan fingerprint density at radius 1 is 1.26 bits per heavy atom. The van der Waals surface area contributed by atoms with Crippen molar-refractivity contribution in [1.82, 2.24) is 15.3 Å². The second-order valence-electron chi connectivity index (χ2n) is 4.09. The van der Waals surface area contributed by atoms with Crippen LogP contribution in [0.4, 0.5) is 5.69 Å². The number of nitrogens with zero attached hydrogens (tertiary/aromatic N) is 2. The minimum absolute atomic E-state index is 0.247. The molecule has 19 heavy (non-hydrogen) atoms. The third-order valence-electron chi connectivity index (χ3n) is 2.84. The molecule has 0 fully saturated rings. The number of anilines is 1.